The summed E-state index contributed by atoms with van der Waals surface area (Å²) < 4.78 is 11.1. The molecule has 0 spiro atoms. The zero-order chi connectivity index (χ0) is 33.6. The summed E-state index contributed by atoms with van der Waals surface area (Å²) in [4.78, 5) is 50.6. The molecule has 11 heteroatoms. The van der Waals surface area contributed by atoms with E-state index in [-0.39, 0.29) is 17.8 Å². The van der Waals surface area contributed by atoms with E-state index in [1.165, 1.54) is 18.2 Å². The number of amides is 2. The first-order chi connectivity index (χ1) is 23.3. The Morgan fingerprint density at radius 3 is 2.33 bits per heavy atom. The number of aryl methyl sites for hydroxylation is 3. The molecule has 248 valence electrons. The molecule has 1 fully saturated rings. The molecule has 48 heavy (non-hydrogen) atoms. The van der Waals surface area contributed by atoms with Crippen LogP contribution in [0.4, 0.5) is 10.5 Å². The first-order valence-electron chi connectivity index (χ1n) is 16.1. The van der Waals surface area contributed by atoms with E-state index in [2.05, 4.69) is 51.9 Å². The summed E-state index contributed by atoms with van der Waals surface area (Å²) in [5.41, 5.74) is 6.34. The van der Waals surface area contributed by atoms with Crippen LogP contribution < -0.4 is 21.5 Å². The molecule has 0 saturated carbocycles. The summed E-state index contributed by atoms with van der Waals surface area (Å²) in [5.74, 6) is -0.273. The Morgan fingerprint density at radius 2 is 1.69 bits per heavy atom. The molecular weight excluding hydrogens is 608 g/mol. The molecule has 3 atom stereocenters. The van der Waals surface area contributed by atoms with E-state index in [1.54, 1.807) is 12.3 Å². The van der Waals surface area contributed by atoms with Gasteiger partial charge in [0.2, 0.25) is 5.91 Å². The van der Waals surface area contributed by atoms with E-state index in [0.29, 0.717) is 31.6 Å². The number of rotatable bonds is 10. The number of hydrogen-bond donors (Lipinski definition) is 5. The number of alkyl carbamates (subject to hydrolysis) is 1. The zero-order valence-electron chi connectivity index (χ0n) is 27.2. The van der Waals surface area contributed by atoms with Crippen LogP contribution in [0.1, 0.15) is 52.0 Å². The fraction of sp³-hybridized carbons (Fsp3) is 0.297. The van der Waals surface area contributed by atoms with Crippen molar-refractivity contribution < 1.29 is 19.1 Å². The molecule has 0 aliphatic carbocycles. The quantitative estimate of drug-likeness (QED) is 0.143. The highest BCUT2D eigenvalue weighted by Crippen LogP contribution is 2.30. The molecule has 2 amide bonds. The lowest BCUT2D eigenvalue weighted by atomic mass is 9.84. The standard InChI is InChI=1S/C37H40N6O5/c1-22-18-28-29(19-23(22)2)41-34(40-28)30-21-48-27(20-39-30)15-14-26-16-17-38-35(44)32(26)42-36(45)33(43-37(46)47-3)31(24-10-6-4-7-11-24)25-12-8-5-9-13-25/h4-13,16-19,27,30-31,33,39H,14-15,20-21H2,1-3H3,(H,38,44)(H,40,41)(H,42,45)(H,43,46)/t27-,30+,33+/m1/s1. The van der Waals surface area contributed by atoms with Crippen LogP contribution in [0, 0.1) is 13.8 Å². The van der Waals surface area contributed by atoms with Crippen LogP contribution in [0.5, 0.6) is 0 Å². The van der Waals surface area contributed by atoms with Crippen molar-refractivity contribution in [3.63, 3.8) is 0 Å². The molecule has 0 unspecified atom stereocenters. The molecular formula is C37H40N6O5. The molecule has 1 aliphatic heterocycles. The Kier molecular flexibility index (Phi) is 9.98. The number of imidazole rings is 1. The van der Waals surface area contributed by atoms with Crippen molar-refractivity contribution in [2.45, 2.75) is 50.8 Å². The summed E-state index contributed by atoms with van der Waals surface area (Å²) >= 11 is 0. The van der Waals surface area contributed by atoms with E-state index in [4.69, 9.17) is 14.5 Å². The summed E-state index contributed by atoms with van der Waals surface area (Å²) in [6.45, 7) is 5.22. The zero-order valence-corrected chi connectivity index (χ0v) is 27.2. The number of nitrogens with one attached hydrogen (secondary N) is 5. The predicted octanol–water partition coefficient (Wildman–Crippen LogP) is 5.03. The van der Waals surface area contributed by atoms with Crippen LogP contribution in [0.25, 0.3) is 11.0 Å². The van der Waals surface area contributed by atoms with Gasteiger partial charge < -0.3 is 35.4 Å². The number of ether oxygens (including phenoxy) is 2. The molecule has 1 aliphatic rings. The number of fused-ring (bicyclic) bond motifs is 1. The van der Waals surface area contributed by atoms with Crippen LogP contribution in [0.2, 0.25) is 0 Å². The number of H-pyrrole nitrogens is 2. The molecule has 11 nitrogen and oxygen atoms in total. The first-order valence-corrected chi connectivity index (χ1v) is 16.1. The van der Waals surface area contributed by atoms with Gasteiger partial charge in [0.05, 0.1) is 36.9 Å². The summed E-state index contributed by atoms with van der Waals surface area (Å²) in [6.07, 6.45) is 1.80. The van der Waals surface area contributed by atoms with Crippen molar-refractivity contribution in [1.29, 1.82) is 0 Å². The second kappa shape index (κ2) is 14.7. The van der Waals surface area contributed by atoms with Crippen molar-refractivity contribution in [1.82, 2.24) is 25.6 Å². The third-order valence-electron chi connectivity index (χ3n) is 8.96. The molecule has 3 aromatic carbocycles. The number of carbonyl (C=O) groups is 2. The summed E-state index contributed by atoms with van der Waals surface area (Å²) in [6, 6.07) is 23.7. The van der Waals surface area contributed by atoms with Crippen LogP contribution >= 0.6 is 0 Å². The number of anilines is 1. The average molecular weight is 649 g/mol. The van der Waals surface area contributed by atoms with Gasteiger partial charge in [-0.05, 0) is 72.7 Å². The first kappa shape index (κ1) is 32.7. The molecule has 0 bridgehead atoms. The monoisotopic (exact) mass is 648 g/mol. The van der Waals surface area contributed by atoms with Crippen molar-refractivity contribution in [2.75, 3.05) is 25.6 Å². The Bertz CT molecular complexity index is 1850. The average Bonchev–Trinajstić information content (AvgIpc) is 3.51. The Hall–Kier alpha value is -5.26. The highest BCUT2D eigenvalue weighted by Gasteiger charge is 2.34. The van der Waals surface area contributed by atoms with Gasteiger partial charge in [-0.1, -0.05) is 60.7 Å². The Balaban J connectivity index is 1.16. The van der Waals surface area contributed by atoms with Gasteiger partial charge in [-0.25, -0.2) is 9.78 Å². The smallest absolute Gasteiger partial charge is 0.407 e. The van der Waals surface area contributed by atoms with E-state index < -0.39 is 29.5 Å². The highest BCUT2D eigenvalue weighted by atomic mass is 16.5. The molecule has 2 aromatic heterocycles. The van der Waals surface area contributed by atoms with Crippen LogP contribution in [0.3, 0.4) is 0 Å². The van der Waals surface area contributed by atoms with Gasteiger partial charge in [0, 0.05) is 18.7 Å². The lowest BCUT2D eigenvalue weighted by molar-refractivity contribution is -0.118. The maximum absolute atomic E-state index is 14.1. The maximum Gasteiger partial charge on any atom is 0.407 e. The SMILES string of the molecule is COC(=O)N[C@H](C(=O)Nc1c(CC[C@@H]2CN[C@H](c3nc4cc(C)c(C)cc4[nH]3)CO2)cc[nH]c1=O)C(c1ccccc1)c1ccccc1. The maximum atomic E-state index is 14.1. The number of aromatic nitrogens is 3. The minimum atomic E-state index is -1.09. The normalized spacial score (nSPS) is 16.8. The minimum absolute atomic E-state index is 0.0647. The van der Waals surface area contributed by atoms with Crippen LogP contribution in [0.15, 0.2) is 89.9 Å². The lowest BCUT2D eigenvalue weighted by Gasteiger charge is -2.29. The third kappa shape index (κ3) is 7.32. The van der Waals surface area contributed by atoms with Gasteiger partial charge in [0.15, 0.2) is 0 Å². The number of carbonyl (C=O) groups excluding carboxylic acids is 2. The highest BCUT2D eigenvalue weighted by molar-refractivity contribution is 5.98. The van der Waals surface area contributed by atoms with E-state index in [0.717, 1.165) is 28.0 Å². The topological polar surface area (TPSA) is 150 Å². The number of hydrogen-bond acceptors (Lipinski definition) is 7. The summed E-state index contributed by atoms with van der Waals surface area (Å²) in [5, 5.41) is 9.10. The summed E-state index contributed by atoms with van der Waals surface area (Å²) in [7, 11) is 1.24. The Morgan fingerprint density at radius 1 is 1.00 bits per heavy atom. The number of benzene rings is 3. The molecule has 5 N–H and O–H groups in total. The van der Waals surface area contributed by atoms with Crippen molar-refractivity contribution in [3.05, 3.63) is 129 Å². The molecule has 1 saturated heterocycles. The lowest BCUT2D eigenvalue weighted by Crippen LogP contribution is -2.48. The third-order valence-corrected chi connectivity index (χ3v) is 8.96. The number of morpholine rings is 1. The fourth-order valence-electron chi connectivity index (χ4n) is 6.21. The van der Waals surface area contributed by atoms with Gasteiger partial charge in [0.1, 0.15) is 17.6 Å². The van der Waals surface area contributed by atoms with Crippen molar-refractivity contribution in [3.8, 4) is 0 Å². The predicted molar refractivity (Wildman–Crippen MR) is 184 cm³/mol. The largest absolute Gasteiger partial charge is 0.453 e. The second-order valence-corrected chi connectivity index (χ2v) is 12.1. The van der Waals surface area contributed by atoms with Crippen LogP contribution in [-0.4, -0.2) is 59.4 Å². The van der Waals surface area contributed by atoms with Gasteiger partial charge in [-0.3, -0.25) is 9.59 Å². The van der Waals surface area contributed by atoms with Crippen molar-refractivity contribution >= 4 is 28.7 Å². The van der Waals surface area contributed by atoms with E-state index in [1.807, 2.05) is 60.7 Å². The van der Waals surface area contributed by atoms with Gasteiger partial charge >= 0.3 is 6.09 Å². The van der Waals surface area contributed by atoms with Crippen LogP contribution in [-0.2, 0) is 20.7 Å². The van der Waals surface area contributed by atoms with Gasteiger partial charge in [0.25, 0.3) is 5.56 Å². The Labute approximate surface area is 278 Å². The second-order valence-electron chi connectivity index (χ2n) is 12.1. The minimum Gasteiger partial charge on any atom is -0.453 e. The van der Waals surface area contributed by atoms with Gasteiger partial charge in [-0.15, -0.1) is 0 Å². The molecule has 6 rings (SSSR count). The van der Waals surface area contributed by atoms with E-state index in [9.17, 15) is 14.4 Å². The number of nitrogens with zero attached hydrogens (tertiary/aromatic N) is 1. The van der Waals surface area contributed by atoms with E-state index >= 15 is 0 Å². The van der Waals surface area contributed by atoms with Gasteiger partial charge in [-0.2, -0.15) is 0 Å². The fourth-order valence-corrected chi connectivity index (χ4v) is 6.21. The number of methoxy groups -OCH3 is 1. The number of pyridine rings is 1. The molecule has 0 radical (unpaired) electrons. The molecule has 3 heterocycles. The van der Waals surface area contributed by atoms with Crippen molar-refractivity contribution in [2.24, 2.45) is 0 Å². The number of aromatic amines is 2. The molecule has 5 aromatic rings.